The average molecular weight is 518 g/mol. The number of nitrogens with zero attached hydrogens (tertiary/aromatic N) is 1. The Morgan fingerprint density at radius 3 is 2.05 bits per heavy atom. The maximum absolute atomic E-state index is 13.9. The molecule has 1 unspecified atom stereocenters. The smallest absolute Gasteiger partial charge is 0.254 e. The predicted molar refractivity (Wildman–Crippen MR) is 150 cm³/mol. The molecule has 0 N–H and O–H groups in total. The van der Waals surface area contributed by atoms with Crippen LogP contribution in [0.4, 0.5) is 0 Å². The van der Waals surface area contributed by atoms with Gasteiger partial charge in [0.05, 0.1) is 32.5 Å². The van der Waals surface area contributed by atoms with Gasteiger partial charge in [-0.2, -0.15) is 0 Å². The molecule has 4 rings (SSSR count). The number of hydrogen-bond acceptors (Lipinski definition) is 5. The lowest BCUT2D eigenvalue weighted by Gasteiger charge is -2.38. The third-order valence-electron chi connectivity index (χ3n) is 6.84. The number of aryl methyl sites for hydroxylation is 1. The second-order valence-electron chi connectivity index (χ2n) is 9.29. The van der Waals surface area contributed by atoms with Gasteiger partial charge in [-0.05, 0) is 100 Å². The number of amides is 1. The minimum absolute atomic E-state index is 0.0431. The van der Waals surface area contributed by atoms with Gasteiger partial charge in [-0.1, -0.05) is 24.3 Å². The molecule has 0 saturated heterocycles. The molecule has 6 heteroatoms. The summed E-state index contributed by atoms with van der Waals surface area (Å²) in [6.07, 6.45) is 1.39. The van der Waals surface area contributed by atoms with Crippen molar-refractivity contribution >= 4 is 5.91 Å². The van der Waals surface area contributed by atoms with E-state index in [0.29, 0.717) is 45.1 Å². The lowest BCUT2D eigenvalue weighted by atomic mass is 9.87. The summed E-state index contributed by atoms with van der Waals surface area (Å²) in [5.41, 5.74) is 5.06. The third-order valence-corrected chi connectivity index (χ3v) is 6.84. The topological polar surface area (TPSA) is 57.2 Å². The molecule has 0 radical (unpaired) electrons. The molecule has 1 aliphatic rings. The van der Waals surface area contributed by atoms with Crippen LogP contribution in [0.5, 0.6) is 23.0 Å². The highest BCUT2D eigenvalue weighted by Crippen LogP contribution is 2.41. The fraction of sp³-hybridized carbons (Fsp3) is 0.406. The molecule has 38 heavy (non-hydrogen) atoms. The monoisotopic (exact) mass is 517 g/mol. The first-order valence-corrected chi connectivity index (χ1v) is 13.7. The molecule has 0 aromatic heterocycles. The van der Waals surface area contributed by atoms with Crippen molar-refractivity contribution in [2.75, 3.05) is 33.0 Å². The molecule has 6 nitrogen and oxygen atoms in total. The Kier molecular flexibility index (Phi) is 9.16. The van der Waals surface area contributed by atoms with Crippen molar-refractivity contribution in [2.24, 2.45) is 0 Å². The molecule has 3 aromatic carbocycles. The zero-order valence-electron chi connectivity index (χ0n) is 23.2. The summed E-state index contributed by atoms with van der Waals surface area (Å²) in [6.45, 7) is 12.7. The first-order valence-electron chi connectivity index (χ1n) is 13.7. The summed E-state index contributed by atoms with van der Waals surface area (Å²) >= 11 is 0. The fourth-order valence-corrected chi connectivity index (χ4v) is 5.12. The van der Waals surface area contributed by atoms with E-state index in [1.165, 1.54) is 5.56 Å². The van der Waals surface area contributed by atoms with E-state index in [-0.39, 0.29) is 11.9 Å². The average Bonchev–Trinajstić information content (AvgIpc) is 2.91. The molecule has 1 amide bonds. The SMILES string of the molecule is CCOc1ccc(CC2c3cc(OCC)c(OCC)cc3CCN2C(=O)c2ccccc2C)cc1OCC. The fourth-order valence-electron chi connectivity index (χ4n) is 5.12. The predicted octanol–water partition coefficient (Wildman–Crippen LogP) is 6.57. The zero-order chi connectivity index (χ0) is 27.1. The van der Waals surface area contributed by atoms with E-state index in [2.05, 4.69) is 18.2 Å². The van der Waals surface area contributed by atoms with Crippen LogP contribution in [0.2, 0.25) is 0 Å². The van der Waals surface area contributed by atoms with Crippen molar-refractivity contribution < 1.29 is 23.7 Å². The summed E-state index contributed by atoms with van der Waals surface area (Å²) < 4.78 is 23.6. The largest absolute Gasteiger partial charge is 0.490 e. The van der Waals surface area contributed by atoms with Gasteiger partial charge < -0.3 is 23.8 Å². The first kappa shape index (κ1) is 27.4. The van der Waals surface area contributed by atoms with Crippen LogP contribution in [0, 0.1) is 6.92 Å². The van der Waals surface area contributed by atoms with Crippen molar-refractivity contribution in [2.45, 2.75) is 53.5 Å². The minimum Gasteiger partial charge on any atom is -0.490 e. The molecule has 0 fully saturated rings. The molecule has 1 atom stereocenters. The molecule has 3 aromatic rings. The quantitative estimate of drug-likeness (QED) is 0.288. The molecule has 202 valence electrons. The third kappa shape index (κ3) is 5.90. The van der Waals surface area contributed by atoms with Crippen LogP contribution in [0.1, 0.15) is 66.3 Å². The lowest BCUT2D eigenvalue weighted by Crippen LogP contribution is -2.41. The Morgan fingerprint density at radius 2 is 1.39 bits per heavy atom. The summed E-state index contributed by atoms with van der Waals surface area (Å²) in [5.74, 6) is 2.97. The number of fused-ring (bicyclic) bond motifs is 1. The Bertz CT molecular complexity index is 1250. The molecular formula is C32H39NO5. The standard InChI is InChI=1S/C32H39NO5/c1-6-35-28-15-14-23(19-29(28)36-7-2)18-27-26-21-31(38-9-4)30(37-8-3)20-24(26)16-17-33(27)32(34)25-13-11-10-12-22(25)5/h10-15,19-21,27H,6-9,16-18H2,1-5H3. The van der Waals surface area contributed by atoms with Gasteiger partial charge in [-0.3, -0.25) is 4.79 Å². The Balaban J connectivity index is 1.79. The number of rotatable bonds is 11. The summed E-state index contributed by atoms with van der Waals surface area (Å²) in [6, 6.07) is 17.9. The molecule has 0 bridgehead atoms. The number of carbonyl (C=O) groups is 1. The van der Waals surface area contributed by atoms with Crippen LogP contribution in [0.3, 0.4) is 0 Å². The highest BCUT2D eigenvalue weighted by Gasteiger charge is 2.33. The van der Waals surface area contributed by atoms with E-state index >= 15 is 0 Å². The van der Waals surface area contributed by atoms with Crippen molar-refractivity contribution in [3.05, 3.63) is 82.4 Å². The van der Waals surface area contributed by atoms with E-state index in [1.807, 2.05) is 75.9 Å². The van der Waals surface area contributed by atoms with Crippen molar-refractivity contribution in [1.82, 2.24) is 4.90 Å². The zero-order valence-corrected chi connectivity index (χ0v) is 23.2. The Morgan fingerprint density at radius 1 is 0.789 bits per heavy atom. The highest BCUT2D eigenvalue weighted by molar-refractivity contribution is 5.96. The van der Waals surface area contributed by atoms with Crippen molar-refractivity contribution in [1.29, 1.82) is 0 Å². The van der Waals surface area contributed by atoms with Crippen LogP contribution < -0.4 is 18.9 Å². The first-order chi connectivity index (χ1) is 18.5. The van der Waals surface area contributed by atoms with Gasteiger partial charge >= 0.3 is 0 Å². The molecular weight excluding hydrogens is 478 g/mol. The normalized spacial score (nSPS) is 14.6. The number of carbonyl (C=O) groups excluding carboxylic acids is 1. The number of ether oxygens (including phenoxy) is 4. The van der Waals surface area contributed by atoms with Gasteiger partial charge in [0.2, 0.25) is 0 Å². The summed E-state index contributed by atoms with van der Waals surface area (Å²) in [4.78, 5) is 16.0. The number of hydrogen-bond donors (Lipinski definition) is 0. The van der Waals surface area contributed by atoms with Gasteiger partial charge in [0.15, 0.2) is 23.0 Å². The van der Waals surface area contributed by atoms with E-state index in [9.17, 15) is 4.79 Å². The van der Waals surface area contributed by atoms with Gasteiger partial charge in [-0.25, -0.2) is 0 Å². The van der Waals surface area contributed by atoms with Gasteiger partial charge in [0.1, 0.15) is 0 Å². The van der Waals surface area contributed by atoms with Crippen LogP contribution in [0.25, 0.3) is 0 Å². The lowest BCUT2D eigenvalue weighted by molar-refractivity contribution is 0.0658. The Hall–Kier alpha value is -3.67. The number of benzene rings is 3. The highest BCUT2D eigenvalue weighted by atomic mass is 16.5. The summed E-state index contributed by atoms with van der Waals surface area (Å²) in [5, 5.41) is 0. The molecule has 1 aliphatic heterocycles. The maximum Gasteiger partial charge on any atom is 0.254 e. The van der Waals surface area contributed by atoms with Crippen LogP contribution in [-0.2, 0) is 12.8 Å². The van der Waals surface area contributed by atoms with Gasteiger partial charge in [0, 0.05) is 12.1 Å². The van der Waals surface area contributed by atoms with E-state index < -0.39 is 0 Å². The second kappa shape index (κ2) is 12.7. The Labute approximate surface area is 226 Å². The molecule has 0 spiro atoms. The minimum atomic E-state index is -0.173. The maximum atomic E-state index is 13.9. The van der Waals surface area contributed by atoms with E-state index in [1.54, 1.807) is 0 Å². The van der Waals surface area contributed by atoms with E-state index in [0.717, 1.165) is 45.9 Å². The van der Waals surface area contributed by atoms with Crippen LogP contribution in [-0.4, -0.2) is 43.8 Å². The molecule has 0 saturated carbocycles. The van der Waals surface area contributed by atoms with Gasteiger partial charge in [0.25, 0.3) is 5.91 Å². The summed E-state index contributed by atoms with van der Waals surface area (Å²) in [7, 11) is 0. The van der Waals surface area contributed by atoms with Crippen LogP contribution in [0.15, 0.2) is 54.6 Å². The van der Waals surface area contributed by atoms with E-state index in [4.69, 9.17) is 18.9 Å². The van der Waals surface area contributed by atoms with Crippen molar-refractivity contribution in [3.8, 4) is 23.0 Å². The van der Waals surface area contributed by atoms with Crippen molar-refractivity contribution in [3.63, 3.8) is 0 Å². The van der Waals surface area contributed by atoms with Gasteiger partial charge in [-0.15, -0.1) is 0 Å². The second-order valence-corrected chi connectivity index (χ2v) is 9.29. The van der Waals surface area contributed by atoms with Crippen LogP contribution >= 0.6 is 0 Å². The molecule has 0 aliphatic carbocycles. The molecule has 1 heterocycles.